The largest absolute Gasteiger partial charge is 0.416 e. The minimum atomic E-state index is -4.33. The van der Waals surface area contributed by atoms with E-state index in [0.717, 1.165) is 11.6 Å². The summed E-state index contributed by atoms with van der Waals surface area (Å²) in [5.41, 5.74) is 0.753. The molecule has 0 amide bonds. The van der Waals surface area contributed by atoms with Crippen LogP contribution in [0, 0.1) is 0 Å². The summed E-state index contributed by atoms with van der Waals surface area (Å²) in [6.45, 7) is 3.09. The number of hydrogen-bond donors (Lipinski definition) is 1. The molecule has 3 rings (SSSR count). The van der Waals surface area contributed by atoms with Crippen LogP contribution in [0.4, 0.5) is 18.9 Å². The smallest absolute Gasteiger partial charge is 0.387 e. The Labute approximate surface area is 155 Å². The van der Waals surface area contributed by atoms with Crippen LogP contribution >= 0.6 is 11.6 Å². The molecule has 3 nitrogen and oxygen atoms in total. The number of benzene rings is 2. The topological polar surface area (TPSA) is 26.7 Å². The third-order valence-electron chi connectivity index (χ3n) is 4.60. The second-order valence-electron chi connectivity index (χ2n) is 6.40. The van der Waals surface area contributed by atoms with E-state index in [-0.39, 0.29) is 0 Å². The van der Waals surface area contributed by atoms with Crippen LogP contribution in [-0.2, 0) is 6.18 Å². The summed E-state index contributed by atoms with van der Waals surface area (Å²) in [7, 11) is 0. The summed E-state index contributed by atoms with van der Waals surface area (Å²) >= 11 is 5.85. The normalized spacial score (nSPS) is 17.3. The van der Waals surface area contributed by atoms with Gasteiger partial charge in [0.15, 0.2) is 0 Å². The number of anilines is 1. The van der Waals surface area contributed by atoms with Crippen molar-refractivity contribution in [1.29, 1.82) is 0 Å². The maximum absolute atomic E-state index is 12.9. The molecule has 0 spiro atoms. The highest BCUT2D eigenvalue weighted by molar-refractivity contribution is 6.30. The highest BCUT2D eigenvalue weighted by Crippen LogP contribution is 2.32. The summed E-state index contributed by atoms with van der Waals surface area (Å²) < 4.78 is 38.6. The van der Waals surface area contributed by atoms with E-state index in [9.17, 15) is 18.3 Å². The maximum Gasteiger partial charge on any atom is 0.416 e. The molecule has 1 aliphatic heterocycles. The van der Waals surface area contributed by atoms with Crippen molar-refractivity contribution in [1.82, 2.24) is 4.90 Å². The van der Waals surface area contributed by atoms with Crippen LogP contribution in [0.15, 0.2) is 48.5 Å². The first-order valence-electron chi connectivity index (χ1n) is 8.41. The van der Waals surface area contributed by atoms with Gasteiger partial charge in [-0.15, -0.1) is 0 Å². The lowest BCUT2D eigenvalue weighted by atomic mass is 10.1. The van der Waals surface area contributed by atoms with Crippen molar-refractivity contribution in [3.05, 3.63) is 64.7 Å². The fourth-order valence-electron chi connectivity index (χ4n) is 3.10. The molecule has 7 heteroatoms. The molecule has 1 unspecified atom stereocenters. The minimum Gasteiger partial charge on any atom is -0.387 e. The van der Waals surface area contributed by atoms with Gasteiger partial charge in [0.2, 0.25) is 0 Å². The third-order valence-corrected chi connectivity index (χ3v) is 4.85. The van der Waals surface area contributed by atoms with Gasteiger partial charge in [-0.25, -0.2) is 0 Å². The van der Waals surface area contributed by atoms with E-state index in [1.165, 1.54) is 12.1 Å². The Balaban J connectivity index is 1.57. The predicted octanol–water partition coefficient (Wildman–Crippen LogP) is 4.21. The number of piperazine rings is 1. The Morgan fingerprint density at radius 2 is 1.65 bits per heavy atom. The Bertz CT molecular complexity index is 728. The molecule has 2 aromatic rings. The Morgan fingerprint density at radius 3 is 2.27 bits per heavy atom. The molecular weight excluding hydrogens is 365 g/mol. The van der Waals surface area contributed by atoms with E-state index in [1.54, 1.807) is 30.3 Å². The fourth-order valence-corrected chi connectivity index (χ4v) is 3.23. The van der Waals surface area contributed by atoms with Gasteiger partial charge < -0.3 is 10.0 Å². The fraction of sp³-hybridized carbons (Fsp3) is 0.368. The van der Waals surface area contributed by atoms with Gasteiger partial charge in [-0.3, -0.25) is 4.90 Å². The standard InChI is InChI=1S/C19H20ClF3N2O/c20-16-6-4-14(5-7-16)18(26)13-24-8-10-25(11-9-24)17-3-1-2-15(12-17)19(21,22)23/h1-7,12,18,26H,8-11,13H2. The van der Waals surface area contributed by atoms with E-state index in [2.05, 4.69) is 4.90 Å². The number of rotatable bonds is 4. The molecular formula is C19H20ClF3N2O. The first-order chi connectivity index (χ1) is 12.3. The van der Waals surface area contributed by atoms with Crippen molar-refractivity contribution in [2.45, 2.75) is 12.3 Å². The third kappa shape index (κ3) is 4.69. The van der Waals surface area contributed by atoms with Crippen LogP contribution < -0.4 is 4.90 Å². The van der Waals surface area contributed by atoms with Gasteiger partial charge >= 0.3 is 6.18 Å². The highest BCUT2D eigenvalue weighted by atomic mass is 35.5. The average Bonchev–Trinajstić information content (AvgIpc) is 2.62. The van der Waals surface area contributed by atoms with Crippen molar-refractivity contribution in [3.8, 4) is 0 Å². The average molecular weight is 385 g/mol. The van der Waals surface area contributed by atoms with Crippen LogP contribution in [0.1, 0.15) is 17.2 Å². The molecule has 0 saturated carbocycles. The highest BCUT2D eigenvalue weighted by Gasteiger charge is 2.31. The lowest BCUT2D eigenvalue weighted by Gasteiger charge is -2.37. The van der Waals surface area contributed by atoms with Crippen molar-refractivity contribution >= 4 is 17.3 Å². The molecule has 26 heavy (non-hydrogen) atoms. The Hall–Kier alpha value is -1.76. The van der Waals surface area contributed by atoms with E-state index >= 15 is 0 Å². The summed E-state index contributed by atoms with van der Waals surface area (Å²) in [6.07, 6.45) is -4.95. The molecule has 1 heterocycles. The lowest BCUT2D eigenvalue weighted by molar-refractivity contribution is -0.137. The van der Waals surface area contributed by atoms with Gasteiger partial charge in [0, 0.05) is 43.4 Å². The molecule has 0 bridgehead atoms. The molecule has 1 fully saturated rings. The summed E-state index contributed by atoms with van der Waals surface area (Å²) in [4.78, 5) is 4.06. The number of β-amino-alcohol motifs (C(OH)–C–C–N with tert-alkyl or cyclic N) is 1. The molecule has 0 aliphatic carbocycles. The molecule has 0 radical (unpaired) electrons. The molecule has 1 saturated heterocycles. The van der Waals surface area contributed by atoms with Gasteiger partial charge in [-0.2, -0.15) is 13.2 Å². The number of halogens is 4. The zero-order valence-electron chi connectivity index (χ0n) is 14.1. The predicted molar refractivity (Wildman–Crippen MR) is 96.5 cm³/mol. The molecule has 140 valence electrons. The van der Waals surface area contributed by atoms with E-state index in [0.29, 0.717) is 43.4 Å². The minimum absolute atomic E-state index is 0.484. The van der Waals surface area contributed by atoms with Crippen LogP contribution in [0.5, 0.6) is 0 Å². The van der Waals surface area contributed by atoms with Crippen molar-refractivity contribution < 1.29 is 18.3 Å². The van der Waals surface area contributed by atoms with Crippen molar-refractivity contribution in [3.63, 3.8) is 0 Å². The number of nitrogens with zero attached hydrogens (tertiary/aromatic N) is 2. The van der Waals surface area contributed by atoms with Gasteiger partial charge in [0.05, 0.1) is 11.7 Å². The zero-order valence-corrected chi connectivity index (χ0v) is 14.8. The number of aliphatic hydroxyl groups excluding tert-OH is 1. The van der Waals surface area contributed by atoms with Crippen LogP contribution in [0.25, 0.3) is 0 Å². The molecule has 1 N–H and O–H groups in total. The lowest BCUT2D eigenvalue weighted by Crippen LogP contribution is -2.47. The van der Waals surface area contributed by atoms with E-state index < -0.39 is 17.8 Å². The SMILES string of the molecule is OC(CN1CCN(c2cccc(C(F)(F)F)c2)CC1)c1ccc(Cl)cc1. The van der Waals surface area contributed by atoms with Crippen LogP contribution in [0.3, 0.4) is 0 Å². The summed E-state index contributed by atoms with van der Waals surface area (Å²) in [5, 5.41) is 11.0. The molecule has 2 aromatic carbocycles. The second kappa shape index (κ2) is 7.86. The van der Waals surface area contributed by atoms with Crippen molar-refractivity contribution in [2.75, 3.05) is 37.6 Å². The monoisotopic (exact) mass is 384 g/mol. The number of aliphatic hydroxyl groups is 1. The van der Waals surface area contributed by atoms with Gasteiger partial charge in [0.1, 0.15) is 0 Å². The van der Waals surface area contributed by atoms with E-state index in [1.807, 2.05) is 4.90 Å². The Morgan fingerprint density at radius 1 is 1.00 bits per heavy atom. The maximum atomic E-state index is 12.9. The van der Waals surface area contributed by atoms with Gasteiger partial charge in [-0.05, 0) is 35.9 Å². The first kappa shape index (κ1) is 19.0. The summed E-state index contributed by atoms with van der Waals surface area (Å²) in [5.74, 6) is 0. The van der Waals surface area contributed by atoms with E-state index in [4.69, 9.17) is 11.6 Å². The van der Waals surface area contributed by atoms with Crippen LogP contribution in [0.2, 0.25) is 5.02 Å². The number of hydrogen-bond acceptors (Lipinski definition) is 3. The molecule has 1 atom stereocenters. The molecule has 0 aromatic heterocycles. The zero-order chi connectivity index (χ0) is 18.7. The van der Waals surface area contributed by atoms with Crippen LogP contribution in [-0.4, -0.2) is 42.7 Å². The second-order valence-corrected chi connectivity index (χ2v) is 6.84. The first-order valence-corrected chi connectivity index (χ1v) is 8.79. The molecule has 1 aliphatic rings. The Kier molecular flexibility index (Phi) is 5.75. The van der Waals surface area contributed by atoms with Crippen molar-refractivity contribution in [2.24, 2.45) is 0 Å². The quantitative estimate of drug-likeness (QED) is 0.855. The van der Waals surface area contributed by atoms with Gasteiger partial charge in [0.25, 0.3) is 0 Å². The summed E-state index contributed by atoms with van der Waals surface area (Å²) in [6, 6.07) is 12.5. The number of alkyl halides is 3. The van der Waals surface area contributed by atoms with Gasteiger partial charge in [-0.1, -0.05) is 29.8 Å².